The maximum absolute atomic E-state index is 13.6. The molecule has 0 spiro atoms. The number of aromatic nitrogens is 2. The van der Waals surface area contributed by atoms with Crippen molar-refractivity contribution in [1.82, 2.24) is 14.9 Å². The molecule has 0 radical (unpaired) electrons. The predicted octanol–water partition coefficient (Wildman–Crippen LogP) is 3.71. The highest BCUT2D eigenvalue weighted by molar-refractivity contribution is 6.31. The van der Waals surface area contributed by atoms with Gasteiger partial charge in [0.2, 0.25) is 5.91 Å². The molecule has 4 rings (SSSR count). The third-order valence-corrected chi connectivity index (χ3v) is 6.10. The van der Waals surface area contributed by atoms with E-state index >= 15 is 0 Å². The van der Waals surface area contributed by atoms with Crippen LogP contribution in [-0.4, -0.2) is 54.3 Å². The summed E-state index contributed by atoms with van der Waals surface area (Å²) in [6.07, 6.45) is 4.44. The van der Waals surface area contributed by atoms with Crippen LogP contribution in [0.2, 0.25) is 5.02 Å². The van der Waals surface area contributed by atoms with Gasteiger partial charge >= 0.3 is 0 Å². The fourth-order valence-corrected chi connectivity index (χ4v) is 4.55. The number of piperidine rings is 1. The number of benzene rings is 1. The highest BCUT2D eigenvalue weighted by Gasteiger charge is 2.45. The lowest BCUT2D eigenvalue weighted by Gasteiger charge is -2.43. The molecule has 1 aromatic heterocycles. The van der Waals surface area contributed by atoms with Crippen LogP contribution in [0.15, 0.2) is 18.2 Å². The molecular weight excluding hydrogens is 366 g/mol. The topological polar surface area (TPSA) is 67.5 Å². The molecule has 1 atom stereocenters. The molecule has 0 aliphatic carbocycles. The van der Waals surface area contributed by atoms with Crippen LogP contribution in [0.5, 0.6) is 0 Å². The molecule has 1 amide bonds. The van der Waals surface area contributed by atoms with Crippen LogP contribution in [0.4, 0.5) is 0 Å². The van der Waals surface area contributed by atoms with Gasteiger partial charge < -0.3 is 19.4 Å². The molecule has 1 aromatic carbocycles. The highest BCUT2D eigenvalue weighted by Crippen LogP contribution is 2.39. The van der Waals surface area contributed by atoms with Gasteiger partial charge in [0.15, 0.2) is 0 Å². The van der Waals surface area contributed by atoms with Gasteiger partial charge in [-0.2, -0.15) is 0 Å². The molecular formula is C20H26ClN3O3. The standard InChI is InChI=1S/C20H26ClN3O3/c1-26-13-20(7-10-27-11-8-20)19(25)24-9-3-2-4-17(24)18-22-15-6-5-14(21)12-16(15)23-18/h5-6,12,17H,2-4,7-11,13H2,1H3,(H,22,23). The Morgan fingerprint density at radius 3 is 3.00 bits per heavy atom. The lowest BCUT2D eigenvalue weighted by molar-refractivity contribution is -0.157. The minimum Gasteiger partial charge on any atom is -0.384 e. The molecule has 0 bridgehead atoms. The van der Waals surface area contributed by atoms with Crippen LogP contribution < -0.4 is 0 Å². The molecule has 1 N–H and O–H groups in total. The maximum Gasteiger partial charge on any atom is 0.231 e. The van der Waals surface area contributed by atoms with E-state index in [0.29, 0.717) is 37.7 Å². The number of carbonyl (C=O) groups is 1. The zero-order valence-corrected chi connectivity index (χ0v) is 16.4. The van der Waals surface area contributed by atoms with Gasteiger partial charge in [0.05, 0.1) is 29.1 Å². The Bertz CT molecular complexity index is 810. The predicted molar refractivity (Wildman–Crippen MR) is 104 cm³/mol. The van der Waals surface area contributed by atoms with Crippen molar-refractivity contribution in [2.24, 2.45) is 5.41 Å². The number of methoxy groups -OCH3 is 1. The fraction of sp³-hybridized carbons (Fsp3) is 0.600. The van der Waals surface area contributed by atoms with Crippen molar-refractivity contribution in [3.8, 4) is 0 Å². The van der Waals surface area contributed by atoms with E-state index in [-0.39, 0.29) is 11.9 Å². The van der Waals surface area contributed by atoms with Crippen molar-refractivity contribution in [2.75, 3.05) is 33.5 Å². The average Bonchev–Trinajstić information content (AvgIpc) is 3.11. The van der Waals surface area contributed by atoms with E-state index in [1.165, 1.54) is 0 Å². The van der Waals surface area contributed by atoms with Crippen molar-refractivity contribution >= 4 is 28.5 Å². The number of H-pyrrole nitrogens is 1. The quantitative estimate of drug-likeness (QED) is 0.862. The Morgan fingerprint density at radius 1 is 1.41 bits per heavy atom. The number of fused-ring (bicyclic) bond motifs is 1. The number of hydrogen-bond donors (Lipinski definition) is 1. The molecule has 2 aromatic rings. The number of nitrogens with one attached hydrogen (secondary N) is 1. The third kappa shape index (κ3) is 3.58. The zero-order valence-electron chi connectivity index (χ0n) is 15.7. The number of imidazole rings is 1. The van der Waals surface area contributed by atoms with Crippen LogP contribution in [0, 0.1) is 5.41 Å². The summed E-state index contributed by atoms with van der Waals surface area (Å²) in [6, 6.07) is 5.60. The minimum absolute atomic E-state index is 0.0333. The molecule has 146 valence electrons. The second-order valence-corrected chi connectivity index (χ2v) is 8.06. The molecule has 2 aliphatic rings. The first-order valence-electron chi connectivity index (χ1n) is 9.66. The molecule has 3 heterocycles. The summed E-state index contributed by atoms with van der Waals surface area (Å²) in [6.45, 7) is 2.41. The number of nitrogens with zero attached hydrogens (tertiary/aromatic N) is 2. The van der Waals surface area contributed by atoms with Crippen molar-refractivity contribution in [3.63, 3.8) is 0 Å². The Labute approximate surface area is 164 Å². The number of amides is 1. The molecule has 2 aliphatic heterocycles. The molecule has 2 fully saturated rings. The molecule has 0 saturated carbocycles. The van der Waals surface area contributed by atoms with Crippen molar-refractivity contribution in [1.29, 1.82) is 0 Å². The number of hydrogen-bond acceptors (Lipinski definition) is 4. The summed E-state index contributed by atoms with van der Waals surface area (Å²) in [7, 11) is 1.67. The average molecular weight is 392 g/mol. The Hall–Kier alpha value is -1.63. The van der Waals surface area contributed by atoms with Crippen LogP contribution in [0.25, 0.3) is 11.0 Å². The first-order valence-corrected chi connectivity index (χ1v) is 10.0. The Morgan fingerprint density at radius 2 is 2.22 bits per heavy atom. The summed E-state index contributed by atoms with van der Waals surface area (Å²) in [5.74, 6) is 1.02. The first-order chi connectivity index (χ1) is 13.1. The van der Waals surface area contributed by atoms with Gasteiger partial charge in [0, 0.05) is 31.9 Å². The smallest absolute Gasteiger partial charge is 0.231 e. The number of carbonyl (C=O) groups excluding carboxylic acids is 1. The molecule has 2 saturated heterocycles. The van der Waals surface area contributed by atoms with E-state index in [1.54, 1.807) is 7.11 Å². The molecule has 27 heavy (non-hydrogen) atoms. The Kier molecular flexibility index (Phi) is 5.39. The molecule has 7 heteroatoms. The van der Waals surface area contributed by atoms with Crippen LogP contribution in [0.1, 0.15) is 44.0 Å². The van der Waals surface area contributed by atoms with Crippen molar-refractivity contribution in [3.05, 3.63) is 29.0 Å². The summed E-state index contributed by atoms with van der Waals surface area (Å²) in [4.78, 5) is 23.8. The van der Waals surface area contributed by atoms with Crippen LogP contribution in [0.3, 0.4) is 0 Å². The number of aromatic amines is 1. The Balaban J connectivity index is 1.65. The van der Waals surface area contributed by atoms with Crippen LogP contribution in [-0.2, 0) is 14.3 Å². The van der Waals surface area contributed by atoms with E-state index in [1.807, 2.05) is 23.1 Å². The summed E-state index contributed by atoms with van der Waals surface area (Å²) in [5, 5.41) is 0.676. The van der Waals surface area contributed by atoms with Crippen molar-refractivity contribution < 1.29 is 14.3 Å². The number of ether oxygens (including phenoxy) is 2. The van der Waals surface area contributed by atoms with Gasteiger partial charge in [-0.25, -0.2) is 4.98 Å². The normalized spacial score (nSPS) is 22.9. The van der Waals surface area contributed by atoms with Crippen molar-refractivity contribution in [2.45, 2.75) is 38.1 Å². The van der Waals surface area contributed by atoms with E-state index in [0.717, 1.165) is 42.7 Å². The summed E-state index contributed by atoms with van der Waals surface area (Å²) >= 11 is 6.11. The van der Waals surface area contributed by atoms with E-state index in [2.05, 4.69) is 4.98 Å². The fourth-order valence-electron chi connectivity index (χ4n) is 4.38. The summed E-state index contributed by atoms with van der Waals surface area (Å²) < 4.78 is 11.0. The minimum atomic E-state index is -0.488. The lowest BCUT2D eigenvalue weighted by atomic mass is 9.78. The van der Waals surface area contributed by atoms with Crippen LogP contribution >= 0.6 is 11.6 Å². The van der Waals surface area contributed by atoms with Gasteiger partial charge in [-0.3, -0.25) is 4.79 Å². The second kappa shape index (κ2) is 7.78. The highest BCUT2D eigenvalue weighted by atomic mass is 35.5. The zero-order chi connectivity index (χ0) is 18.9. The number of rotatable bonds is 4. The number of halogens is 1. The van der Waals surface area contributed by atoms with Gasteiger partial charge in [0.25, 0.3) is 0 Å². The SMILES string of the molecule is COCC1(C(=O)N2CCCCC2c2nc3ccc(Cl)cc3[nH]2)CCOCC1. The van der Waals surface area contributed by atoms with Gasteiger partial charge in [-0.05, 0) is 50.3 Å². The van der Waals surface area contributed by atoms with E-state index < -0.39 is 5.41 Å². The number of likely N-dealkylation sites (tertiary alicyclic amines) is 1. The van der Waals surface area contributed by atoms with Gasteiger partial charge in [-0.15, -0.1) is 0 Å². The summed E-state index contributed by atoms with van der Waals surface area (Å²) in [5.41, 5.74) is 1.30. The monoisotopic (exact) mass is 391 g/mol. The second-order valence-electron chi connectivity index (χ2n) is 7.62. The third-order valence-electron chi connectivity index (χ3n) is 5.87. The van der Waals surface area contributed by atoms with Gasteiger partial charge in [-0.1, -0.05) is 11.6 Å². The maximum atomic E-state index is 13.6. The first kappa shape index (κ1) is 18.7. The molecule has 1 unspecified atom stereocenters. The molecule has 6 nitrogen and oxygen atoms in total. The largest absolute Gasteiger partial charge is 0.384 e. The lowest BCUT2D eigenvalue weighted by Crippen LogP contribution is -2.51. The van der Waals surface area contributed by atoms with Gasteiger partial charge in [0.1, 0.15) is 5.82 Å². The van der Waals surface area contributed by atoms with E-state index in [4.69, 9.17) is 26.1 Å². The van der Waals surface area contributed by atoms with E-state index in [9.17, 15) is 4.79 Å².